The fourth-order valence-corrected chi connectivity index (χ4v) is 4.99. The van der Waals surface area contributed by atoms with E-state index in [0.717, 1.165) is 6.34 Å². The lowest BCUT2D eigenvalue weighted by Gasteiger charge is -2.44. The molecule has 1 aliphatic carbocycles. The number of aliphatic imine (C=N–C) groups is 2. The summed E-state index contributed by atoms with van der Waals surface area (Å²) in [4.78, 5) is 20.0. The van der Waals surface area contributed by atoms with Crippen LogP contribution in [0.15, 0.2) is 9.98 Å². The summed E-state index contributed by atoms with van der Waals surface area (Å²) in [5.41, 5.74) is 14.1. The zero-order valence-electron chi connectivity index (χ0n) is 20.9. The molecule has 0 bridgehead atoms. The molecule has 2 aliphatic heterocycles. The van der Waals surface area contributed by atoms with Crippen LogP contribution in [-0.2, 0) is 23.7 Å². The van der Waals surface area contributed by atoms with Gasteiger partial charge >= 0.3 is 0 Å². The van der Waals surface area contributed by atoms with Gasteiger partial charge in [-0.05, 0) is 20.4 Å². The van der Waals surface area contributed by atoms with Crippen molar-refractivity contribution in [2.75, 3.05) is 13.7 Å². The van der Waals surface area contributed by atoms with Gasteiger partial charge in [-0.3, -0.25) is 9.79 Å². The highest BCUT2D eigenvalue weighted by Crippen LogP contribution is 2.38. The van der Waals surface area contributed by atoms with E-state index in [1.54, 1.807) is 0 Å². The molecule has 17 nitrogen and oxygen atoms in total. The van der Waals surface area contributed by atoms with Crippen LogP contribution in [0, 0.1) is 0 Å². The molecule has 1 saturated carbocycles. The molecule has 3 aliphatic rings. The summed E-state index contributed by atoms with van der Waals surface area (Å²) in [6.07, 6.45) is -13.1. The van der Waals surface area contributed by atoms with Gasteiger partial charge in [-0.1, -0.05) is 0 Å². The van der Waals surface area contributed by atoms with Crippen molar-refractivity contribution in [3.05, 3.63) is 0 Å². The van der Waals surface area contributed by atoms with Crippen molar-refractivity contribution in [1.82, 2.24) is 5.32 Å². The third-order valence-electron chi connectivity index (χ3n) is 7.20. The van der Waals surface area contributed by atoms with Gasteiger partial charge in [0, 0.05) is 0 Å². The molecule has 0 spiro atoms. The van der Waals surface area contributed by atoms with Crippen molar-refractivity contribution in [1.29, 1.82) is 0 Å². The second-order valence-corrected chi connectivity index (χ2v) is 9.53. The van der Waals surface area contributed by atoms with Crippen molar-refractivity contribution in [2.24, 2.45) is 27.2 Å². The zero-order valence-corrected chi connectivity index (χ0v) is 20.9. The number of likely N-dealkylation sites (N-methyl/N-ethyl adjacent to an activating group) is 1. The van der Waals surface area contributed by atoms with Crippen molar-refractivity contribution < 1.29 is 54.4 Å². The lowest BCUT2D eigenvalue weighted by atomic mass is 9.84. The molecule has 13 N–H and O–H groups in total. The molecule has 2 saturated heterocycles. The second kappa shape index (κ2) is 12.4. The van der Waals surface area contributed by atoms with Gasteiger partial charge in [-0.25, -0.2) is 4.99 Å². The van der Waals surface area contributed by atoms with E-state index in [1.807, 2.05) is 0 Å². The molecule has 3 rings (SSSR count). The normalized spacial score (nSPS) is 47.7. The van der Waals surface area contributed by atoms with E-state index in [1.165, 1.54) is 14.0 Å². The van der Waals surface area contributed by atoms with Crippen LogP contribution in [0.25, 0.3) is 0 Å². The first kappa shape index (κ1) is 30.5. The second-order valence-electron chi connectivity index (χ2n) is 9.53. The number of nitrogens with zero attached hydrogens (tertiary/aromatic N) is 2. The first-order valence-electron chi connectivity index (χ1n) is 12.1. The molecule has 0 radical (unpaired) electrons. The number of guanidine groups is 1. The fraction of sp³-hybridized carbons (Fsp3) is 0.857. The van der Waals surface area contributed by atoms with Crippen molar-refractivity contribution in [3.63, 3.8) is 0 Å². The summed E-state index contributed by atoms with van der Waals surface area (Å²) in [5.74, 6) is -0.337. The van der Waals surface area contributed by atoms with E-state index in [9.17, 15) is 35.4 Å². The van der Waals surface area contributed by atoms with E-state index in [-0.39, 0.29) is 18.7 Å². The summed E-state index contributed by atoms with van der Waals surface area (Å²) in [5, 5.41) is 65.6. The minimum Gasteiger partial charge on any atom is -0.394 e. The predicted octanol–water partition coefficient (Wildman–Crippen LogP) is -6.42. The minimum atomic E-state index is -2.29. The highest BCUT2D eigenvalue weighted by Gasteiger charge is 2.60. The number of carbonyl (C=O) groups is 1. The summed E-state index contributed by atoms with van der Waals surface area (Å²) in [7, 11) is 1.45. The average molecular weight is 551 g/mol. The van der Waals surface area contributed by atoms with Crippen LogP contribution in [0.4, 0.5) is 0 Å². The Hall–Kier alpha value is -2.03. The monoisotopic (exact) mass is 550 g/mol. The van der Waals surface area contributed by atoms with Crippen molar-refractivity contribution in [2.45, 2.75) is 98.5 Å². The van der Waals surface area contributed by atoms with Gasteiger partial charge in [0.25, 0.3) is 0 Å². The number of aldehydes is 1. The summed E-state index contributed by atoms with van der Waals surface area (Å²) < 4.78 is 23.1. The number of ether oxygens (including phenoxy) is 4. The fourth-order valence-electron chi connectivity index (χ4n) is 4.99. The standard InChI is InChI=1S/C21H38N6O11/c1-7-21(34,5-29)17(38-18-11(25-2)14(32)13(31)10(4-28)36-18)19(35-7)37-16-9(27-20(23)24)3-8(26-6-22)12(30)15(16)33/h5-19,25,28,30-34H,3-4H2,1-2H3,(H2,22,26)(H4,23,24,27)/t7-,8+,9-,10-,11?,12-,13?,14?,15+,16+,17?,18?,19?,21+/m0/s1. The molecule has 2 heterocycles. The number of carbonyl (C=O) groups excluding carboxylic acids is 1. The van der Waals surface area contributed by atoms with Gasteiger partial charge in [0.15, 0.2) is 30.4 Å². The molecule has 38 heavy (non-hydrogen) atoms. The lowest BCUT2D eigenvalue weighted by Crippen LogP contribution is -2.65. The quantitative estimate of drug-likeness (QED) is 0.0725. The van der Waals surface area contributed by atoms with Crippen LogP contribution >= 0.6 is 0 Å². The third kappa shape index (κ3) is 5.77. The molecule has 0 amide bonds. The van der Waals surface area contributed by atoms with E-state index in [2.05, 4.69) is 15.3 Å². The topological polar surface area (TPSA) is 290 Å². The van der Waals surface area contributed by atoms with Gasteiger partial charge in [-0.2, -0.15) is 0 Å². The van der Waals surface area contributed by atoms with Crippen LogP contribution in [0.1, 0.15) is 13.3 Å². The first-order chi connectivity index (χ1) is 17.9. The molecular weight excluding hydrogens is 512 g/mol. The van der Waals surface area contributed by atoms with E-state index < -0.39 is 91.7 Å². The first-order valence-corrected chi connectivity index (χ1v) is 12.1. The zero-order chi connectivity index (χ0) is 28.4. The Bertz CT molecular complexity index is 866. The molecular formula is C21H38N6O11. The number of hydrogen-bond acceptors (Lipinski definition) is 14. The van der Waals surface area contributed by atoms with Gasteiger partial charge in [0.05, 0.1) is 37.2 Å². The summed E-state index contributed by atoms with van der Waals surface area (Å²) in [6, 6.07) is -2.88. The number of nitrogens with one attached hydrogen (secondary N) is 1. The van der Waals surface area contributed by atoms with Crippen LogP contribution in [-0.4, -0.2) is 148 Å². The Morgan fingerprint density at radius 1 is 1.08 bits per heavy atom. The highest BCUT2D eigenvalue weighted by molar-refractivity contribution is 5.76. The number of hydrogen-bond donors (Lipinski definition) is 10. The number of rotatable bonds is 9. The maximum atomic E-state index is 12.0. The molecule has 0 aromatic rings. The largest absolute Gasteiger partial charge is 0.394 e. The molecule has 218 valence electrons. The molecule has 6 unspecified atom stereocenters. The van der Waals surface area contributed by atoms with Gasteiger partial charge in [0.2, 0.25) is 0 Å². The van der Waals surface area contributed by atoms with E-state index in [4.69, 9.17) is 36.1 Å². The van der Waals surface area contributed by atoms with Crippen LogP contribution < -0.4 is 22.5 Å². The van der Waals surface area contributed by atoms with E-state index in [0.29, 0.717) is 0 Å². The molecule has 14 atom stereocenters. The number of aliphatic hydroxyl groups excluding tert-OH is 5. The van der Waals surface area contributed by atoms with Crippen molar-refractivity contribution in [3.8, 4) is 0 Å². The van der Waals surface area contributed by atoms with Crippen LogP contribution in [0.2, 0.25) is 0 Å². The average Bonchev–Trinajstić information content (AvgIpc) is 3.11. The van der Waals surface area contributed by atoms with Gasteiger partial charge < -0.3 is 72.1 Å². The predicted molar refractivity (Wildman–Crippen MR) is 128 cm³/mol. The van der Waals surface area contributed by atoms with Gasteiger partial charge in [0.1, 0.15) is 42.7 Å². The van der Waals surface area contributed by atoms with Crippen molar-refractivity contribution >= 4 is 18.6 Å². The van der Waals surface area contributed by atoms with E-state index >= 15 is 0 Å². The molecule has 3 fully saturated rings. The Labute approximate surface area is 218 Å². The van der Waals surface area contributed by atoms with Crippen LogP contribution in [0.3, 0.4) is 0 Å². The Kier molecular flexibility index (Phi) is 9.98. The number of aliphatic hydroxyl groups is 6. The number of nitrogens with two attached hydrogens (primary N) is 3. The lowest BCUT2D eigenvalue weighted by molar-refractivity contribution is -0.313. The molecule has 0 aromatic heterocycles. The maximum Gasteiger partial charge on any atom is 0.188 e. The SMILES string of the molecule is CNC1C(OC2C(O[C@H]3[C@H](O)[C@@H](O)[C@H](N=CN)C[C@@H]3N=C(N)N)O[C@@H](C)[C@]2(O)C=O)O[C@@H](CO)C(O)C1O. The third-order valence-corrected chi connectivity index (χ3v) is 7.20. The molecule has 0 aromatic carbocycles. The summed E-state index contributed by atoms with van der Waals surface area (Å²) >= 11 is 0. The smallest absolute Gasteiger partial charge is 0.188 e. The van der Waals surface area contributed by atoms with Gasteiger partial charge in [-0.15, -0.1) is 0 Å². The Balaban J connectivity index is 1.92. The Morgan fingerprint density at radius 3 is 2.32 bits per heavy atom. The molecule has 17 heteroatoms. The highest BCUT2D eigenvalue weighted by atomic mass is 16.8. The maximum absolute atomic E-state index is 12.0. The minimum absolute atomic E-state index is 0.00998. The summed E-state index contributed by atoms with van der Waals surface area (Å²) in [6.45, 7) is 0.717. The van der Waals surface area contributed by atoms with Crippen LogP contribution in [0.5, 0.6) is 0 Å². The Morgan fingerprint density at radius 2 is 1.76 bits per heavy atom.